The molecule has 76 valence electrons. The van der Waals surface area contributed by atoms with E-state index in [4.69, 9.17) is 4.42 Å². The summed E-state index contributed by atoms with van der Waals surface area (Å²) in [5.74, 6) is 0. The quantitative estimate of drug-likeness (QED) is 0.744. The van der Waals surface area contributed by atoms with Crippen molar-refractivity contribution in [2.24, 2.45) is 0 Å². The van der Waals surface area contributed by atoms with Crippen molar-refractivity contribution in [1.29, 1.82) is 0 Å². The third-order valence-corrected chi connectivity index (χ3v) is 3.00. The number of aldehydes is 1. The van der Waals surface area contributed by atoms with E-state index < -0.39 is 0 Å². The summed E-state index contributed by atoms with van der Waals surface area (Å²) in [6.07, 6.45) is 3.99. The van der Waals surface area contributed by atoms with Gasteiger partial charge in [0.05, 0.1) is 6.20 Å². The summed E-state index contributed by atoms with van der Waals surface area (Å²) in [6.45, 7) is 1.96. The molecule has 15 heavy (non-hydrogen) atoms. The zero-order valence-electron chi connectivity index (χ0n) is 8.14. The maximum atomic E-state index is 10.5. The van der Waals surface area contributed by atoms with Gasteiger partial charge < -0.3 is 4.42 Å². The molecule has 0 saturated carbocycles. The smallest absolute Gasteiger partial charge is 0.260 e. The van der Waals surface area contributed by atoms with Gasteiger partial charge in [0, 0.05) is 10.5 Å². The Balaban J connectivity index is 2.26. The SMILES string of the molecule is Cc1cc(C=O)ccc1Sc1ncco1. The molecule has 0 atom stereocenters. The van der Waals surface area contributed by atoms with Crippen LogP contribution in [0.5, 0.6) is 0 Å². The van der Waals surface area contributed by atoms with Crippen LogP contribution < -0.4 is 0 Å². The Hall–Kier alpha value is -1.55. The second-order valence-electron chi connectivity index (χ2n) is 3.04. The van der Waals surface area contributed by atoms with Gasteiger partial charge in [-0.1, -0.05) is 6.07 Å². The van der Waals surface area contributed by atoms with Crippen LogP contribution in [-0.2, 0) is 0 Å². The van der Waals surface area contributed by atoms with Crippen molar-refractivity contribution in [3.8, 4) is 0 Å². The summed E-state index contributed by atoms with van der Waals surface area (Å²) in [6, 6.07) is 5.53. The Labute approximate surface area is 91.5 Å². The van der Waals surface area contributed by atoms with Crippen molar-refractivity contribution in [1.82, 2.24) is 4.98 Å². The lowest BCUT2D eigenvalue weighted by Crippen LogP contribution is -1.84. The molecule has 0 bridgehead atoms. The monoisotopic (exact) mass is 219 g/mol. The zero-order valence-corrected chi connectivity index (χ0v) is 8.95. The van der Waals surface area contributed by atoms with Crippen LogP contribution >= 0.6 is 11.8 Å². The Morgan fingerprint density at radius 2 is 2.33 bits per heavy atom. The molecular formula is C11H9NO2S. The normalized spacial score (nSPS) is 10.2. The Morgan fingerprint density at radius 3 is 2.93 bits per heavy atom. The van der Waals surface area contributed by atoms with E-state index in [9.17, 15) is 4.79 Å². The summed E-state index contributed by atoms with van der Waals surface area (Å²) in [4.78, 5) is 15.6. The molecule has 0 unspecified atom stereocenters. The van der Waals surface area contributed by atoms with E-state index in [1.165, 1.54) is 18.0 Å². The highest BCUT2D eigenvalue weighted by atomic mass is 32.2. The van der Waals surface area contributed by atoms with Crippen LogP contribution in [0.1, 0.15) is 15.9 Å². The molecule has 1 aromatic heterocycles. The van der Waals surface area contributed by atoms with Gasteiger partial charge in [-0.3, -0.25) is 4.79 Å². The van der Waals surface area contributed by atoms with Crippen molar-refractivity contribution >= 4 is 18.0 Å². The first-order chi connectivity index (χ1) is 7.29. The third kappa shape index (κ3) is 2.27. The minimum atomic E-state index is 0.608. The number of carbonyl (C=O) groups is 1. The summed E-state index contributed by atoms with van der Waals surface area (Å²) in [5.41, 5.74) is 1.73. The van der Waals surface area contributed by atoms with E-state index in [1.54, 1.807) is 12.3 Å². The number of hydrogen-bond donors (Lipinski definition) is 0. The Kier molecular flexibility index (Phi) is 2.87. The molecule has 0 amide bonds. The van der Waals surface area contributed by atoms with Crippen molar-refractivity contribution in [3.05, 3.63) is 41.8 Å². The number of hydrogen-bond acceptors (Lipinski definition) is 4. The lowest BCUT2D eigenvalue weighted by molar-refractivity contribution is 0.112. The molecule has 1 aromatic carbocycles. The van der Waals surface area contributed by atoms with Gasteiger partial charge in [0.1, 0.15) is 12.5 Å². The van der Waals surface area contributed by atoms with Crippen molar-refractivity contribution < 1.29 is 9.21 Å². The molecule has 0 radical (unpaired) electrons. The van der Waals surface area contributed by atoms with E-state index in [2.05, 4.69) is 4.98 Å². The van der Waals surface area contributed by atoms with Gasteiger partial charge in [0.15, 0.2) is 0 Å². The molecule has 0 fully saturated rings. The fraction of sp³-hybridized carbons (Fsp3) is 0.0909. The van der Waals surface area contributed by atoms with E-state index in [1.807, 2.05) is 19.1 Å². The first kappa shape index (κ1) is 9.98. The number of carbonyl (C=O) groups excluding carboxylic acids is 1. The van der Waals surface area contributed by atoms with Crippen LogP contribution in [-0.4, -0.2) is 11.3 Å². The predicted octanol–water partition coefficient (Wildman–Crippen LogP) is 2.95. The van der Waals surface area contributed by atoms with Crippen LogP contribution in [0.3, 0.4) is 0 Å². The van der Waals surface area contributed by atoms with Gasteiger partial charge in [-0.2, -0.15) is 0 Å². The number of nitrogens with zero attached hydrogens (tertiary/aromatic N) is 1. The van der Waals surface area contributed by atoms with E-state index in [-0.39, 0.29) is 0 Å². The molecule has 0 N–H and O–H groups in total. The minimum absolute atomic E-state index is 0.608. The number of aryl methyl sites for hydroxylation is 1. The van der Waals surface area contributed by atoms with Crippen LogP contribution in [0.2, 0.25) is 0 Å². The van der Waals surface area contributed by atoms with Crippen molar-refractivity contribution in [2.45, 2.75) is 17.0 Å². The van der Waals surface area contributed by atoms with E-state index in [0.29, 0.717) is 10.8 Å². The molecule has 2 aromatic rings. The fourth-order valence-corrected chi connectivity index (χ4v) is 1.98. The van der Waals surface area contributed by atoms with Gasteiger partial charge in [-0.25, -0.2) is 4.98 Å². The Morgan fingerprint density at radius 1 is 1.47 bits per heavy atom. The first-order valence-electron chi connectivity index (χ1n) is 4.43. The van der Waals surface area contributed by atoms with Crippen LogP contribution in [0.15, 0.2) is 45.2 Å². The predicted molar refractivity (Wildman–Crippen MR) is 57.2 cm³/mol. The van der Waals surface area contributed by atoms with Gasteiger partial charge in [0.2, 0.25) is 0 Å². The molecule has 0 aliphatic heterocycles. The lowest BCUT2D eigenvalue weighted by atomic mass is 10.2. The molecule has 0 aliphatic carbocycles. The molecular weight excluding hydrogens is 210 g/mol. The number of aromatic nitrogens is 1. The average Bonchev–Trinajstić information content (AvgIpc) is 2.74. The number of benzene rings is 1. The van der Waals surface area contributed by atoms with Crippen LogP contribution in [0.4, 0.5) is 0 Å². The topological polar surface area (TPSA) is 43.1 Å². The van der Waals surface area contributed by atoms with Crippen molar-refractivity contribution in [2.75, 3.05) is 0 Å². The van der Waals surface area contributed by atoms with Gasteiger partial charge in [-0.05, 0) is 36.4 Å². The second kappa shape index (κ2) is 4.31. The van der Waals surface area contributed by atoms with Crippen LogP contribution in [0.25, 0.3) is 0 Å². The van der Waals surface area contributed by atoms with Crippen LogP contribution in [0, 0.1) is 6.92 Å². The Bertz CT molecular complexity index is 465. The largest absolute Gasteiger partial charge is 0.440 e. The summed E-state index contributed by atoms with van der Waals surface area (Å²) >= 11 is 1.45. The highest BCUT2D eigenvalue weighted by Crippen LogP contribution is 2.29. The average molecular weight is 219 g/mol. The second-order valence-corrected chi connectivity index (χ2v) is 4.04. The van der Waals surface area contributed by atoms with Gasteiger partial charge in [-0.15, -0.1) is 0 Å². The van der Waals surface area contributed by atoms with Gasteiger partial charge in [0.25, 0.3) is 5.22 Å². The molecule has 0 aliphatic rings. The maximum absolute atomic E-state index is 10.5. The summed E-state index contributed by atoms with van der Waals surface area (Å²) in [5, 5.41) is 0.608. The molecule has 1 heterocycles. The number of rotatable bonds is 3. The van der Waals surface area contributed by atoms with Crippen molar-refractivity contribution in [3.63, 3.8) is 0 Å². The molecule has 2 rings (SSSR count). The first-order valence-corrected chi connectivity index (χ1v) is 5.24. The number of oxazole rings is 1. The highest BCUT2D eigenvalue weighted by Gasteiger charge is 2.04. The fourth-order valence-electron chi connectivity index (χ4n) is 1.22. The highest BCUT2D eigenvalue weighted by molar-refractivity contribution is 7.99. The standard InChI is InChI=1S/C11H9NO2S/c1-8-6-9(7-13)2-3-10(8)15-11-12-4-5-14-11/h2-7H,1H3. The van der Waals surface area contributed by atoms with Gasteiger partial charge >= 0.3 is 0 Å². The maximum Gasteiger partial charge on any atom is 0.260 e. The summed E-state index contributed by atoms with van der Waals surface area (Å²) < 4.78 is 5.13. The van der Waals surface area contributed by atoms with E-state index >= 15 is 0 Å². The lowest BCUT2D eigenvalue weighted by Gasteiger charge is -2.02. The van der Waals surface area contributed by atoms with E-state index in [0.717, 1.165) is 16.7 Å². The zero-order chi connectivity index (χ0) is 10.7. The molecule has 0 spiro atoms. The minimum Gasteiger partial charge on any atom is -0.440 e. The molecule has 0 saturated heterocycles. The molecule has 3 nitrogen and oxygen atoms in total. The molecule has 4 heteroatoms. The summed E-state index contributed by atoms with van der Waals surface area (Å²) in [7, 11) is 0. The third-order valence-electron chi connectivity index (χ3n) is 1.94.